The molecule has 0 bridgehead atoms. The maximum Gasteiger partial charge on any atom is 0.207 e. The van der Waals surface area contributed by atoms with Crippen molar-refractivity contribution in [3.05, 3.63) is 35.4 Å². The summed E-state index contributed by atoms with van der Waals surface area (Å²) in [5.74, 6) is 2.85. The molecule has 1 saturated heterocycles. The summed E-state index contributed by atoms with van der Waals surface area (Å²) >= 11 is 1.79. The highest BCUT2D eigenvalue weighted by Crippen LogP contribution is 2.56. The number of rotatable bonds is 15. The molecule has 1 aliphatic rings. The second-order valence-electron chi connectivity index (χ2n) is 11.6. The molecule has 42 heavy (non-hydrogen) atoms. The summed E-state index contributed by atoms with van der Waals surface area (Å²) in [4.78, 5) is 0.131. The van der Waals surface area contributed by atoms with Gasteiger partial charge in [0.1, 0.15) is 10.3 Å². The van der Waals surface area contributed by atoms with E-state index < -0.39 is 25.0 Å². The predicted octanol–water partition coefficient (Wildman–Crippen LogP) is 6.89. The largest absolute Gasteiger partial charge is 0.493 e. The standard InChI is InChI=1S/C31H48O8S2Si/c1-11-14-38-30-25(36-9)17-22(18-28(30)41(32,33)20(4)39-42-31(5,6)19(2)3)27-13-12-26(40-27)21-15-23(34-7)29(37-10)24(16-21)35-8/h15-20,26-27H,11-14,42H2,1-10H3/t20?,26-,27-/m0/s1. The van der Waals surface area contributed by atoms with Gasteiger partial charge >= 0.3 is 0 Å². The lowest BCUT2D eigenvalue weighted by atomic mass is 9.99. The van der Waals surface area contributed by atoms with E-state index in [1.165, 1.54) is 0 Å². The summed E-state index contributed by atoms with van der Waals surface area (Å²) in [7, 11) is 1.34. The number of hydrogen-bond donors (Lipinski definition) is 0. The highest BCUT2D eigenvalue weighted by molar-refractivity contribution is 8.00. The molecule has 0 amide bonds. The summed E-state index contributed by atoms with van der Waals surface area (Å²) < 4.78 is 62.6. The summed E-state index contributed by atoms with van der Waals surface area (Å²) in [6, 6.07) is 7.66. The zero-order valence-corrected chi connectivity index (χ0v) is 29.8. The van der Waals surface area contributed by atoms with Crippen molar-refractivity contribution in [2.45, 2.75) is 86.7 Å². The van der Waals surface area contributed by atoms with Crippen LogP contribution in [-0.2, 0) is 14.3 Å². The Morgan fingerprint density at radius 1 is 0.857 bits per heavy atom. The van der Waals surface area contributed by atoms with E-state index >= 15 is 0 Å². The molecule has 0 spiro atoms. The van der Waals surface area contributed by atoms with Gasteiger partial charge in [0, 0.05) is 10.5 Å². The zero-order chi connectivity index (χ0) is 31.2. The minimum Gasteiger partial charge on any atom is -0.493 e. The maximum absolute atomic E-state index is 14.0. The van der Waals surface area contributed by atoms with Crippen molar-refractivity contribution in [2.75, 3.05) is 35.0 Å². The van der Waals surface area contributed by atoms with Crippen LogP contribution in [0.2, 0.25) is 5.04 Å². The third-order valence-electron chi connectivity index (χ3n) is 8.16. The topological polar surface area (TPSA) is 89.5 Å². The van der Waals surface area contributed by atoms with Gasteiger partial charge in [-0.2, -0.15) is 0 Å². The van der Waals surface area contributed by atoms with Gasteiger partial charge in [0.15, 0.2) is 32.8 Å². The molecule has 0 aliphatic carbocycles. The quantitative estimate of drug-likeness (QED) is 0.193. The van der Waals surface area contributed by atoms with Crippen molar-refractivity contribution in [2.24, 2.45) is 5.92 Å². The highest BCUT2D eigenvalue weighted by Gasteiger charge is 2.36. The van der Waals surface area contributed by atoms with Crippen LogP contribution in [-0.4, -0.2) is 58.7 Å². The van der Waals surface area contributed by atoms with Crippen LogP contribution in [0.4, 0.5) is 0 Å². The van der Waals surface area contributed by atoms with Gasteiger partial charge in [0.25, 0.3) is 0 Å². The Morgan fingerprint density at radius 2 is 1.36 bits per heavy atom. The zero-order valence-electron chi connectivity index (χ0n) is 26.7. The van der Waals surface area contributed by atoms with Gasteiger partial charge in [-0.25, -0.2) is 8.42 Å². The Bertz CT molecular complexity index is 1290. The molecule has 0 aromatic heterocycles. The molecular weight excluding hydrogens is 593 g/mol. The average molecular weight is 641 g/mol. The molecule has 2 aromatic rings. The molecule has 0 N–H and O–H groups in total. The number of ether oxygens (including phenoxy) is 5. The van der Waals surface area contributed by atoms with Crippen LogP contribution in [0.15, 0.2) is 29.2 Å². The van der Waals surface area contributed by atoms with Gasteiger partial charge in [-0.15, -0.1) is 11.8 Å². The average Bonchev–Trinajstić information content (AvgIpc) is 3.47. The van der Waals surface area contributed by atoms with E-state index in [1.54, 1.807) is 53.2 Å². The van der Waals surface area contributed by atoms with E-state index in [-0.39, 0.29) is 26.2 Å². The molecule has 236 valence electrons. The van der Waals surface area contributed by atoms with Crippen LogP contribution >= 0.6 is 11.8 Å². The van der Waals surface area contributed by atoms with E-state index in [4.69, 9.17) is 28.1 Å². The summed E-state index contributed by atoms with van der Waals surface area (Å²) in [5.41, 5.74) is 0.968. The van der Waals surface area contributed by atoms with E-state index in [9.17, 15) is 8.42 Å². The van der Waals surface area contributed by atoms with Gasteiger partial charge in [-0.1, -0.05) is 34.6 Å². The van der Waals surface area contributed by atoms with Gasteiger partial charge in [0.05, 0.1) is 35.0 Å². The molecule has 1 heterocycles. The second-order valence-corrected chi connectivity index (χ2v) is 17.7. The molecule has 1 aliphatic heterocycles. The first-order chi connectivity index (χ1) is 19.8. The fourth-order valence-corrected chi connectivity index (χ4v) is 9.20. The van der Waals surface area contributed by atoms with Gasteiger partial charge in [0.2, 0.25) is 15.6 Å². The molecule has 11 heteroatoms. The fraction of sp³-hybridized carbons (Fsp3) is 0.613. The SMILES string of the molecule is CCCOc1c(OC)cc([C@@H]2CC[C@@H](c3cc(OC)c(OC)c(OC)c3)S2)cc1S(=O)(=O)C(C)O[SiH2]C(C)(C)C(C)C. The van der Waals surface area contributed by atoms with E-state index in [0.29, 0.717) is 35.5 Å². The van der Waals surface area contributed by atoms with Crippen LogP contribution < -0.4 is 23.7 Å². The fourth-order valence-electron chi connectivity index (χ4n) is 4.67. The Hall–Kier alpha value is -2.08. The van der Waals surface area contributed by atoms with Gasteiger partial charge < -0.3 is 28.1 Å². The lowest BCUT2D eigenvalue weighted by Gasteiger charge is -2.30. The molecule has 3 atom stereocenters. The van der Waals surface area contributed by atoms with E-state index in [1.807, 2.05) is 25.1 Å². The first kappa shape index (κ1) is 34.4. The number of methoxy groups -OCH3 is 4. The molecule has 8 nitrogen and oxygen atoms in total. The van der Waals surface area contributed by atoms with Crippen molar-refractivity contribution in [3.8, 4) is 28.7 Å². The van der Waals surface area contributed by atoms with Crippen LogP contribution in [0, 0.1) is 5.92 Å². The number of thioether (sulfide) groups is 1. The van der Waals surface area contributed by atoms with E-state index in [0.717, 1.165) is 30.4 Å². The summed E-state index contributed by atoms with van der Waals surface area (Å²) in [5, 5.41) is 0.188. The van der Waals surface area contributed by atoms with Crippen LogP contribution in [0.25, 0.3) is 0 Å². The normalized spacial score (nSPS) is 18.5. The van der Waals surface area contributed by atoms with Crippen molar-refractivity contribution in [3.63, 3.8) is 0 Å². The lowest BCUT2D eigenvalue weighted by molar-refractivity contribution is 0.273. The lowest BCUT2D eigenvalue weighted by Crippen LogP contribution is -2.30. The molecule has 1 unspecified atom stereocenters. The first-order valence-corrected chi connectivity index (χ1v) is 18.3. The van der Waals surface area contributed by atoms with Crippen molar-refractivity contribution >= 4 is 31.4 Å². The van der Waals surface area contributed by atoms with E-state index in [2.05, 4.69) is 27.7 Å². The molecular formula is C31H48O8S2Si. The minimum atomic E-state index is -3.87. The Morgan fingerprint density at radius 3 is 1.81 bits per heavy atom. The second kappa shape index (κ2) is 14.6. The Kier molecular flexibility index (Phi) is 12.0. The van der Waals surface area contributed by atoms with Crippen LogP contribution in [0.5, 0.6) is 28.7 Å². The Labute approximate surface area is 259 Å². The van der Waals surface area contributed by atoms with Gasteiger partial charge in [-0.05, 0) is 72.5 Å². The van der Waals surface area contributed by atoms with Crippen LogP contribution in [0.1, 0.15) is 82.4 Å². The number of hydrogen-bond acceptors (Lipinski definition) is 9. The summed E-state index contributed by atoms with van der Waals surface area (Å²) in [6.07, 6.45) is 2.51. The Balaban J connectivity index is 1.99. The highest BCUT2D eigenvalue weighted by atomic mass is 32.2. The van der Waals surface area contributed by atoms with Crippen molar-refractivity contribution < 1.29 is 36.5 Å². The smallest absolute Gasteiger partial charge is 0.207 e. The number of benzene rings is 2. The van der Waals surface area contributed by atoms with Crippen LogP contribution in [0.3, 0.4) is 0 Å². The van der Waals surface area contributed by atoms with Gasteiger partial charge in [-0.3, -0.25) is 0 Å². The molecule has 3 rings (SSSR count). The minimum absolute atomic E-state index is 0.0345. The first-order valence-electron chi connectivity index (χ1n) is 14.5. The predicted molar refractivity (Wildman–Crippen MR) is 172 cm³/mol. The molecule has 0 saturated carbocycles. The third kappa shape index (κ3) is 7.52. The van der Waals surface area contributed by atoms with Crippen molar-refractivity contribution in [1.29, 1.82) is 0 Å². The molecule has 1 fully saturated rings. The molecule has 0 radical (unpaired) electrons. The maximum atomic E-state index is 14.0. The molecule has 2 aromatic carbocycles. The van der Waals surface area contributed by atoms with Crippen molar-refractivity contribution in [1.82, 2.24) is 0 Å². The summed E-state index contributed by atoms with van der Waals surface area (Å²) in [6.45, 7) is 12.6. The number of sulfone groups is 1. The third-order valence-corrected chi connectivity index (χ3v) is 14.2. The monoisotopic (exact) mass is 640 g/mol.